The van der Waals surface area contributed by atoms with Crippen molar-refractivity contribution in [3.63, 3.8) is 0 Å². The minimum absolute atomic E-state index is 0.105. The van der Waals surface area contributed by atoms with Gasteiger partial charge in [0.25, 0.3) is 0 Å². The van der Waals surface area contributed by atoms with Crippen LogP contribution < -0.4 is 0 Å². The molecule has 0 heterocycles. The summed E-state index contributed by atoms with van der Waals surface area (Å²) >= 11 is 0. The van der Waals surface area contributed by atoms with E-state index in [0.29, 0.717) is 0 Å². The minimum atomic E-state index is -0.105. The van der Waals surface area contributed by atoms with Gasteiger partial charge in [0.1, 0.15) is 0 Å². The van der Waals surface area contributed by atoms with Gasteiger partial charge in [0.05, 0.1) is 0 Å². The van der Waals surface area contributed by atoms with Crippen LogP contribution in [0.1, 0.15) is 19.3 Å². The Hall–Kier alpha value is -0.120. The van der Waals surface area contributed by atoms with Crippen LogP contribution in [0.2, 0.25) is 0 Å². The number of aliphatic hydroxyl groups is 1. The first kappa shape index (κ1) is 9.88. The normalized spacial score (nSPS) is 10.8. The van der Waals surface area contributed by atoms with Gasteiger partial charge in [0, 0.05) is 20.8 Å². The molecule has 1 N–H and O–H groups in total. The summed E-state index contributed by atoms with van der Waals surface area (Å²) in [5.74, 6) is 0. The van der Waals surface area contributed by atoms with Gasteiger partial charge in [-0.1, -0.05) is 0 Å². The molecule has 0 spiro atoms. The van der Waals surface area contributed by atoms with E-state index in [2.05, 4.69) is 0 Å². The van der Waals surface area contributed by atoms with Crippen LogP contribution in [0, 0.1) is 0 Å². The fourth-order valence-corrected chi connectivity index (χ4v) is 0.755. The number of hydrogen-bond donors (Lipinski definition) is 1. The van der Waals surface area contributed by atoms with Crippen LogP contribution in [0.25, 0.3) is 0 Å². The maximum atomic E-state index is 8.44. The molecule has 62 valence electrons. The molecule has 0 radical (unpaired) electrons. The van der Waals surface area contributed by atoms with Crippen LogP contribution >= 0.6 is 0 Å². The number of ether oxygens (including phenoxy) is 2. The Bertz CT molecular complexity index is 61.9. The van der Waals surface area contributed by atoms with E-state index in [4.69, 9.17) is 14.6 Å². The van der Waals surface area contributed by atoms with E-state index in [9.17, 15) is 0 Å². The Kier molecular flexibility index (Phi) is 6.91. The van der Waals surface area contributed by atoms with Crippen LogP contribution in [0.4, 0.5) is 0 Å². The summed E-state index contributed by atoms with van der Waals surface area (Å²) < 4.78 is 9.88. The lowest BCUT2D eigenvalue weighted by atomic mass is 10.2. The standard InChI is InChI=1S/C7H16O3/c1-9-7(10-2)5-3-4-6-8/h7-8H,3-6H2,1-2H3. The summed E-state index contributed by atoms with van der Waals surface area (Å²) in [4.78, 5) is 0. The molecule has 0 aromatic heterocycles. The van der Waals surface area contributed by atoms with Crippen LogP contribution in [0.15, 0.2) is 0 Å². The Morgan fingerprint density at radius 2 is 1.80 bits per heavy atom. The predicted octanol–water partition coefficient (Wildman–Crippen LogP) is 0.768. The molecule has 0 aliphatic carbocycles. The maximum absolute atomic E-state index is 8.44. The fraction of sp³-hybridized carbons (Fsp3) is 1.00. The highest BCUT2D eigenvalue weighted by Crippen LogP contribution is 2.03. The molecule has 0 aliphatic rings. The van der Waals surface area contributed by atoms with Gasteiger partial charge in [-0.2, -0.15) is 0 Å². The molecule has 0 rings (SSSR count). The lowest BCUT2D eigenvalue weighted by Gasteiger charge is -2.11. The summed E-state index contributed by atoms with van der Waals surface area (Å²) in [7, 11) is 3.24. The molecular weight excluding hydrogens is 132 g/mol. The third-order valence-electron chi connectivity index (χ3n) is 1.37. The number of methoxy groups -OCH3 is 2. The summed E-state index contributed by atoms with van der Waals surface area (Å²) in [5.41, 5.74) is 0. The molecule has 3 heteroatoms. The molecule has 0 amide bonds. The third-order valence-corrected chi connectivity index (χ3v) is 1.37. The first-order valence-corrected chi connectivity index (χ1v) is 3.51. The monoisotopic (exact) mass is 148 g/mol. The van der Waals surface area contributed by atoms with Gasteiger partial charge in [-0.15, -0.1) is 0 Å². The van der Waals surface area contributed by atoms with Gasteiger partial charge < -0.3 is 14.6 Å². The lowest BCUT2D eigenvalue weighted by Crippen LogP contribution is -2.12. The van der Waals surface area contributed by atoms with Crippen molar-refractivity contribution in [2.24, 2.45) is 0 Å². The van der Waals surface area contributed by atoms with Crippen molar-refractivity contribution in [2.45, 2.75) is 25.6 Å². The summed E-state index contributed by atoms with van der Waals surface area (Å²) in [6.45, 7) is 0.250. The highest BCUT2D eigenvalue weighted by atomic mass is 16.7. The average molecular weight is 148 g/mol. The highest BCUT2D eigenvalue weighted by molar-refractivity contribution is 4.44. The minimum Gasteiger partial charge on any atom is -0.396 e. The number of unbranched alkanes of at least 4 members (excludes halogenated alkanes) is 1. The van der Waals surface area contributed by atoms with Gasteiger partial charge >= 0.3 is 0 Å². The van der Waals surface area contributed by atoms with Gasteiger partial charge in [-0.25, -0.2) is 0 Å². The Balaban J connectivity index is 3.09. The van der Waals surface area contributed by atoms with E-state index in [-0.39, 0.29) is 12.9 Å². The zero-order valence-corrected chi connectivity index (χ0v) is 6.67. The maximum Gasteiger partial charge on any atom is 0.156 e. The molecular formula is C7H16O3. The molecule has 0 fully saturated rings. The zero-order chi connectivity index (χ0) is 7.82. The highest BCUT2D eigenvalue weighted by Gasteiger charge is 2.02. The van der Waals surface area contributed by atoms with Crippen molar-refractivity contribution in [1.82, 2.24) is 0 Å². The predicted molar refractivity (Wildman–Crippen MR) is 38.7 cm³/mol. The molecule has 0 aliphatic heterocycles. The molecule has 0 bridgehead atoms. The van der Waals surface area contributed by atoms with E-state index in [0.717, 1.165) is 19.3 Å². The average Bonchev–Trinajstić information content (AvgIpc) is 1.99. The summed E-state index contributed by atoms with van der Waals surface area (Å²) in [6.07, 6.45) is 2.52. The first-order chi connectivity index (χ1) is 4.85. The first-order valence-electron chi connectivity index (χ1n) is 3.51. The van der Waals surface area contributed by atoms with Gasteiger partial charge in [-0.05, 0) is 19.3 Å². The van der Waals surface area contributed by atoms with E-state index in [1.165, 1.54) is 0 Å². The van der Waals surface area contributed by atoms with Gasteiger partial charge in [-0.3, -0.25) is 0 Å². The van der Waals surface area contributed by atoms with Crippen molar-refractivity contribution in [3.05, 3.63) is 0 Å². The second-order valence-corrected chi connectivity index (χ2v) is 2.12. The van der Waals surface area contributed by atoms with Crippen molar-refractivity contribution >= 4 is 0 Å². The quantitative estimate of drug-likeness (QED) is 0.446. The Morgan fingerprint density at radius 1 is 1.20 bits per heavy atom. The lowest BCUT2D eigenvalue weighted by molar-refractivity contribution is -0.107. The number of aliphatic hydroxyl groups excluding tert-OH is 1. The van der Waals surface area contributed by atoms with Crippen molar-refractivity contribution in [2.75, 3.05) is 20.8 Å². The topological polar surface area (TPSA) is 38.7 Å². The molecule has 0 saturated carbocycles. The largest absolute Gasteiger partial charge is 0.396 e. The van der Waals surface area contributed by atoms with Crippen molar-refractivity contribution in [3.8, 4) is 0 Å². The molecule has 0 saturated heterocycles. The molecule has 10 heavy (non-hydrogen) atoms. The van der Waals surface area contributed by atoms with E-state index in [1.54, 1.807) is 14.2 Å². The van der Waals surface area contributed by atoms with Gasteiger partial charge in [0.15, 0.2) is 6.29 Å². The molecule has 3 nitrogen and oxygen atoms in total. The van der Waals surface area contributed by atoms with Crippen LogP contribution in [0.3, 0.4) is 0 Å². The molecule has 0 aromatic rings. The Morgan fingerprint density at radius 3 is 2.20 bits per heavy atom. The smallest absolute Gasteiger partial charge is 0.156 e. The zero-order valence-electron chi connectivity index (χ0n) is 6.67. The fourth-order valence-electron chi connectivity index (χ4n) is 0.755. The van der Waals surface area contributed by atoms with E-state index >= 15 is 0 Å². The summed E-state index contributed by atoms with van der Waals surface area (Å²) in [5, 5.41) is 8.44. The van der Waals surface area contributed by atoms with Crippen molar-refractivity contribution in [1.29, 1.82) is 0 Å². The van der Waals surface area contributed by atoms with E-state index in [1.807, 2.05) is 0 Å². The van der Waals surface area contributed by atoms with Crippen LogP contribution in [0.5, 0.6) is 0 Å². The van der Waals surface area contributed by atoms with Crippen molar-refractivity contribution < 1.29 is 14.6 Å². The number of rotatable bonds is 6. The molecule has 0 atom stereocenters. The Labute approximate surface area is 62.0 Å². The molecule has 0 aromatic carbocycles. The second-order valence-electron chi connectivity index (χ2n) is 2.12. The third kappa shape index (κ3) is 4.73. The van der Waals surface area contributed by atoms with Crippen LogP contribution in [-0.2, 0) is 9.47 Å². The number of hydrogen-bond acceptors (Lipinski definition) is 3. The van der Waals surface area contributed by atoms with Gasteiger partial charge in [0.2, 0.25) is 0 Å². The van der Waals surface area contributed by atoms with Crippen LogP contribution in [-0.4, -0.2) is 32.2 Å². The summed E-state index contributed by atoms with van der Waals surface area (Å²) in [6, 6.07) is 0. The second kappa shape index (κ2) is 6.99. The SMILES string of the molecule is COC(CCCCO)OC. The van der Waals surface area contributed by atoms with E-state index < -0.39 is 0 Å². The molecule has 0 unspecified atom stereocenters.